The van der Waals surface area contributed by atoms with Crippen LogP contribution in [0.3, 0.4) is 0 Å². The molecule has 174 valence electrons. The smallest absolute Gasteiger partial charge is 0.409 e. The van der Waals surface area contributed by atoms with Crippen LogP contribution in [0, 0.1) is 0 Å². The number of anilines is 1. The lowest BCUT2D eigenvalue weighted by atomic mass is 10.3. The summed E-state index contributed by atoms with van der Waals surface area (Å²) in [5.74, 6) is -0.307. The van der Waals surface area contributed by atoms with E-state index in [1.165, 1.54) is 49.4 Å². The van der Waals surface area contributed by atoms with Crippen molar-refractivity contribution in [3.8, 4) is 5.75 Å². The van der Waals surface area contributed by atoms with Crippen molar-refractivity contribution in [2.45, 2.75) is 21.7 Å². The molecule has 0 saturated carbocycles. The molecule has 0 saturated heterocycles. The molecule has 14 heteroatoms. The molecule has 0 heterocycles. The van der Waals surface area contributed by atoms with Crippen molar-refractivity contribution in [1.29, 1.82) is 0 Å². The number of carbonyl (C=O) groups excluding carboxylic acids is 2. The van der Waals surface area contributed by atoms with Gasteiger partial charge in [-0.3, -0.25) is 4.79 Å². The summed E-state index contributed by atoms with van der Waals surface area (Å²) in [5.41, 5.74) is 0.417. The number of alkyl halides is 3. The summed E-state index contributed by atoms with van der Waals surface area (Å²) in [4.78, 5) is 23.2. The minimum Gasteiger partial charge on any atom is -0.409 e. The first kappa shape index (κ1) is 26.8. The van der Waals surface area contributed by atoms with Crippen LogP contribution >= 0.6 is 58.0 Å². The number of ether oxygens (including phenoxy) is 1. The van der Waals surface area contributed by atoms with Gasteiger partial charge in [0.15, 0.2) is 5.75 Å². The fraction of sp³-hybridized carbons (Fsp3) is 0.222. The molecule has 0 aliphatic rings. The third-order valence-corrected chi connectivity index (χ3v) is 6.51. The predicted molar refractivity (Wildman–Crippen MR) is 126 cm³/mol. The minimum atomic E-state index is -4.03. The molecule has 2 aromatic rings. The number of carbonyl (C=O) groups is 2. The van der Waals surface area contributed by atoms with Crippen LogP contribution in [-0.2, 0) is 14.8 Å². The standard InChI is InChI=1S/C18H16Cl5N3O5S/c1-10(27)25-12-3-5-13(6-4-12)32(29,30)24-9-16(18(21,22)23)26-17(28)31-15-7-2-11(19)8-14(15)20/h2-8,16,24H,9H2,1H3,(H,25,27)(H,26,28)/t16-/m0/s1. The Kier molecular flexibility index (Phi) is 9.30. The van der Waals surface area contributed by atoms with E-state index in [-0.39, 0.29) is 21.6 Å². The fourth-order valence-corrected chi connectivity index (χ4v) is 4.16. The Bertz CT molecular complexity index is 1090. The first-order valence-electron chi connectivity index (χ1n) is 8.65. The molecule has 0 aliphatic heterocycles. The summed E-state index contributed by atoms with van der Waals surface area (Å²) in [6.45, 7) is 0.845. The molecule has 2 amide bonds. The monoisotopic (exact) mass is 561 g/mol. The predicted octanol–water partition coefficient (Wildman–Crippen LogP) is 4.76. The molecule has 32 heavy (non-hydrogen) atoms. The lowest BCUT2D eigenvalue weighted by Crippen LogP contribution is -2.51. The van der Waals surface area contributed by atoms with E-state index in [1.54, 1.807) is 0 Å². The average Bonchev–Trinajstić information content (AvgIpc) is 2.66. The number of amides is 2. The summed E-state index contributed by atoms with van der Waals surface area (Å²) < 4.78 is 30.3. The first-order valence-corrected chi connectivity index (χ1v) is 12.0. The second kappa shape index (κ2) is 11.1. The van der Waals surface area contributed by atoms with E-state index in [1.807, 2.05) is 0 Å². The Morgan fingerprint density at radius 3 is 2.22 bits per heavy atom. The topological polar surface area (TPSA) is 114 Å². The second-order valence-corrected chi connectivity index (χ2v) is 11.2. The summed E-state index contributed by atoms with van der Waals surface area (Å²) in [7, 11) is -4.03. The number of rotatable bonds is 7. The molecule has 0 fully saturated rings. The van der Waals surface area contributed by atoms with Crippen LogP contribution in [0.4, 0.5) is 10.5 Å². The highest BCUT2D eigenvalue weighted by Gasteiger charge is 2.35. The molecule has 1 atom stereocenters. The zero-order valence-corrected chi connectivity index (χ0v) is 20.8. The van der Waals surface area contributed by atoms with Gasteiger partial charge in [-0.05, 0) is 42.5 Å². The number of hydrogen-bond acceptors (Lipinski definition) is 5. The van der Waals surface area contributed by atoms with E-state index in [9.17, 15) is 18.0 Å². The maximum absolute atomic E-state index is 12.5. The number of sulfonamides is 1. The van der Waals surface area contributed by atoms with Crippen molar-refractivity contribution < 1.29 is 22.7 Å². The average molecular weight is 564 g/mol. The maximum Gasteiger partial charge on any atom is 0.413 e. The summed E-state index contributed by atoms with van der Waals surface area (Å²) in [5, 5.41) is 5.20. The SMILES string of the molecule is CC(=O)Nc1ccc(S(=O)(=O)NC[C@H](NC(=O)Oc2ccc(Cl)cc2Cl)C(Cl)(Cl)Cl)cc1. The third kappa shape index (κ3) is 8.15. The second-order valence-electron chi connectivity index (χ2n) is 6.26. The van der Waals surface area contributed by atoms with Crippen LogP contribution in [0.25, 0.3) is 0 Å². The van der Waals surface area contributed by atoms with Crippen LogP contribution in [0.2, 0.25) is 10.0 Å². The number of hydrogen-bond donors (Lipinski definition) is 3. The molecule has 0 aromatic heterocycles. The summed E-state index contributed by atoms with van der Waals surface area (Å²) in [6, 6.07) is 8.25. The molecule has 0 aliphatic carbocycles. The Balaban J connectivity index is 2.07. The van der Waals surface area contributed by atoms with Crippen LogP contribution in [0.5, 0.6) is 5.75 Å². The van der Waals surface area contributed by atoms with E-state index < -0.39 is 32.5 Å². The van der Waals surface area contributed by atoms with Gasteiger partial charge in [-0.1, -0.05) is 58.0 Å². The van der Waals surface area contributed by atoms with E-state index in [0.717, 1.165) is 0 Å². The van der Waals surface area contributed by atoms with Crippen LogP contribution in [-0.4, -0.2) is 36.8 Å². The normalized spacial score (nSPS) is 12.7. The number of nitrogens with one attached hydrogen (secondary N) is 3. The van der Waals surface area contributed by atoms with Crippen LogP contribution < -0.4 is 20.1 Å². The molecule has 3 N–H and O–H groups in total. The molecule has 0 radical (unpaired) electrons. The highest BCUT2D eigenvalue weighted by molar-refractivity contribution is 7.89. The Morgan fingerprint density at radius 2 is 1.69 bits per heavy atom. The van der Waals surface area contributed by atoms with Gasteiger partial charge in [0.25, 0.3) is 0 Å². The maximum atomic E-state index is 12.5. The van der Waals surface area contributed by atoms with Gasteiger partial charge >= 0.3 is 6.09 Å². The van der Waals surface area contributed by atoms with Crippen molar-refractivity contribution in [2.75, 3.05) is 11.9 Å². The molecule has 0 spiro atoms. The van der Waals surface area contributed by atoms with E-state index in [4.69, 9.17) is 62.7 Å². The van der Waals surface area contributed by atoms with E-state index in [0.29, 0.717) is 10.7 Å². The van der Waals surface area contributed by atoms with Crippen LogP contribution in [0.15, 0.2) is 47.4 Å². The third-order valence-electron chi connectivity index (χ3n) is 3.75. The molecule has 2 aromatic carbocycles. The largest absolute Gasteiger partial charge is 0.413 e. The summed E-state index contributed by atoms with van der Waals surface area (Å²) >= 11 is 29.4. The lowest BCUT2D eigenvalue weighted by Gasteiger charge is -2.25. The lowest BCUT2D eigenvalue weighted by molar-refractivity contribution is -0.114. The van der Waals surface area contributed by atoms with Crippen molar-refractivity contribution in [2.24, 2.45) is 0 Å². The van der Waals surface area contributed by atoms with Gasteiger partial charge in [-0.25, -0.2) is 17.9 Å². The van der Waals surface area contributed by atoms with Crippen molar-refractivity contribution >= 4 is 85.7 Å². The van der Waals surface area contributed by atoms with Crippen molar-refractivity contribution in [3.05, 3.63) is 52.5 Å². The number of benzene rings is 2. The van der Waals surface area contributed by atoms with Gasteiger partial charge in [-0.2, -0.15) is 0 Å². The van der Waals surface area contributed by atoms with Gasteiger partial charge in [0.2, 0.25) is 19.7 Å². The minimum absolute atomic E-state index is 0.00326. The van der Waals surface area contributed by atoms with Crippen molar-refractivity contribution in [3.63, 3.8) is 0 Å². The summed E-state index contributed by atoms with van der Waals surface area (Å²) in [6.07, 6.45) is -1.04. The Morgan fingerprint density at radius 1 is 1.06 bits per heavy atom. The molecular formula is C18H16Cl5N3O5S. The Labute approximate surface area is 209 Å². The highest BCUT2D eigenvalue weighted by Crippen LogP contribution is 2.31. The molecule has 0 bridgehead atoms. The Hall–Kier alpha value is -1.46. The molecular weight excluding hydrogens is 548 g/mol. The first-order chi connectivity index (χ1) is 14.8. The van der Waals surface area contributed by atoms with Gasteiger partial charge < -0.3 is 15.4 Å². The zero-order chi connectivity index (χ0) is 24.1. The quantitative estimate of drug-likeness (QED) is 0.421. The van der Waals surface area contributed by atoms with E-state index >= 15 is 0 Å². The number of halogens is 5. The van der Waals surface area contributed by atoms with Gasteiger partial charge in [0.1, 0.15) is 0 Å². The zero-order valence-electron chi connectivity index (χ0n) is 16.2. The molecule has 2 rings (SSSR count). The van der Waals surface area contributed by atoms with Gasteiger partial charge in [0.05, 0.1) is 16.0 Å². The van der Waals surface area contributed by atoms with E-state index in [2.05, 4.69) is 15.4 Å². The van der Waals surface area contributed by atoms with Gasteiger partial charge in [0, 0.05) is 24.2 Å². The molecule has 0 unspecified atom stereocenters. The fourth-order valence-electron chi connectivity index (χ4n) is 2.28. The van der Waals surface area contributed by atoms with Crippen LogP contribution in [0.1, 0.15) is 6.92 Å². The van der Waals surface area contributed by atoms with Crippen molar-refractivity contribution in [1.82, 2.24) is 10.0 Å². The van der Waals surface area contributed by atoms with Gasteiger partial charge in [-0.15, -0.1) is 0 Å². The highest BCUT2D eigenvalue weighted by atomic mass is 35.6. The molecule has 8 nitrogen and oxygen atoms in total.